The number of thioether (sulfide) groups is 1. The minimum atomic E-state index is -0.518. The van der Waals surface area contributed by atoms with Gasteiger partial charge in [-0.3, -0.25) is 9.59 Å². The van der Waals surface area contributed by atoms with Crippen LogP contribution in [0.2, 0.25) is 0 Å². The molecule has 0 spiro atoms. The van der Waals surface area contributed by atoms with Gasteiger partial charge in [0.05, 0.1) is 17.6 Å². The van der Waals surface area contributed by atoms with E-state index in [2.05, 4.69) is 39.8 Å². The van der Waals surface area contributed by atoms with Crippen molar-refractivity contribution in [1.29, 1.82) is 0 Å². The fourth-order valence-corrected chi connectivity index (χ4v) is 6.46. The first kappa shape index (κ1) is 22.7. The Morgan fingerprint density at radius 2 is 1.74 bits per heavy atom. The smallest absolute Gasteiger partial charge is 0.195 e. The fourth-order valence-electron chi connectivity index (χ4n) is 4.93. The third kappa shape index (κ3) is 3.90. The summed E-state index contributed by atoms with van der Waals surface area (Å²) >= 11 is 1.69. The van der Waals surface area contributed by atoms with Crippen molar-refractivity contribution in [2.75, 3.05) is 0 Å². The van der Waals surface area contributed by atoms with E-state index in [1.807, 2.05) is 48.5 Å². The number of ketones is 1. The van der Waals surface area contributed by atoms with Crippen LogP contribution in [0.5, 0.6) is 0 Å². The van der Waals surface area contributed by atoms with Crippen molar-refractivity contribution in [2.24, 2.45) is 0 Å². The van der Waals surface area contributed by atoms with Crippen LogP contribution in [0, 0.1) is 0 Å². The van der Waals surface area contributed by atoms with Crippen LogP contribution < -0.4 is 5.43 Å². The SMILES string of the molecule is CC(C)(C)c1cccc(C(=O)C2c3ccccc3SC2(C)Cc2coc3ccccc3c2=O)c1. The lowest BCUT2D eigenvalue weighted by molar-refractivity contribution is 0.0944. The molecule has 4 heteroatoms. The number of fused-ring (bicyclic) bond motifs is 2. The van der Waals surface area contributed by atoms with Crippen molar-refractivity contribution >= 4 is 28.5 Å². The number of para-hydroxylation sites is 1. The molecule has 1 aliphatic heterocycles. The Bertz CT molecular complexity index is 1460. The monoisotopic (exact) mass is 468 g/mol. The van der Waals surface area contributed by atoms with Gasteiger partial charge in [-0.2, -0.15) is 0 Å². The minimum Gasteiger partial charge on any atom is -0.464 e. The standard InChI is InChI=1S/C30H28O3S/c1-29(2,3)21-11-9-10-19(16-21)28(32)26-23-13-6-8-15-25(23)34-30(26,4)17-20-18-33-24-14-7-5-12-22(24)27(20)31/h5-16,18,26H,17H2,1-4H3. The number of benzene rings is 3. The van der Waals surface area contributed by atoms with Crippen LogP contribution in [0.15, 0.2) is 93.2 Å². The number of carbonyl (C=O) groups is 1. The van der Waals surface area contributed by atoms with Crippen LogP contribution >= 0.6 is 11.8 Å². The zero-order valence-corrected chi connectivity index (χ0v) is 20.7. The molecule has 0 radical (unpaired) electrons. The van der Waals surface area contributed by atoms with Crippen LogP contribution in [0.25, 0.3) is 11.0 Å². The first-order valence-electron chi connectivity index (χ1n) is 11.6. The number of hydrogen-bond acceptors (Lipinski definition) is 4. The van der Waals surface area contributed by atoms with Crippen LogP contribution in [0.4, 0.5) is 0 Å². The molecule has 1 aromatic heterocycles. The van der Waals surface area contributed by atoms with E-state index in [0.717, 1.165) is 16.0 Å². The Balaban J connectivity index is 1.59. The largest absolute Gasteiger partial charge is 0.464 e. The first-order valence-corrected chi connectivity index (χ1v) is 12.4. The van der Waals surface area contributed by atoms with E-state index in [-0.39, 0.29) is 22.5 Å². The average molecular weight is 469 g/mol. The van der Waals surface area contributed by atoms with Crippen molar-refractivity contribution in [1.82, 2.24) is 0 Å². The lowest BCUT2D eigenvalue weighted by atomic mass is 9.77. The van der Waals surface area contributed by atoms with Gasteiger partial charge in [0.15, 0.2) is 11.2 Å². The summed E-state index contributed by atoms with van der Waals surface area (Å²) in [6.45, 7) is 8.56. The highest BCUT2D eigenvalue weighted by molar-refractivity contribution is 8.01. The first-order chi connectivity index (χ1) is 16.2. The van der Waals surface area contributed by atoms with Gasteiger partial charge in [0, 0.05) is 20.8 Å². The minimum absolute atomic E-state index is 0.0273. The Morgan fingerprint density at radius 3 is 2.53 bits per heavy atom. The van der Waals surface area contributed by atoms with Crippen LogP contribution in [-0.4, -0.2) is 10.5 Å². The quantitative estimate of drug-likeness (QED) is 0.298. The second-order valence-corrected chi connectivity index (χ2v) is 11.9. The topological polar surface area (TPSA) is 47.3 Å². The van der Waals surface area contributed by atoms with E-state index in [1.54, 1.807) is 30.2 Å². The van der Waals surface area contributed by atoms with E-state index in [1.165, 1.54) is 0 Å². The van der Waals surface area contributed by atoms with Crippen LogP contribution in [-0.2, 0) is 11.8 Å². The average Bonchev–Trinajstić information content (AvgIpc) is 3.11. The molecular weight excluding hydrogens is 440 g/mol. The highest BCUT2D eigenvalue weighted by Crippen LogP contribution is 2.55. The van der Waals surface area contributed by atoms with E-state index in [4.69, 9.17) is 4.42 Å². The van der Waals surface area contributed by atoms with Crippen molar-refractivity contribution in [2.45, 2.75) is 55.1 Å². The third-order valence-electron chi connectivity index (χ3n) is 6.75. The summed E-state index contributed by atoms with van der Waals surface area (Å²) < 4.78 is 5.28. The van der Waals surface area contributed by atoms with Gasteiger partial charge in [-0.1, -0.05) is 69.3 Å². The summed E-state index contributed by atoms with van der Waals surface area (Å²) in [6, 6.07) is 23.4. The predicted molar refractivity (Wildman–Crippen MR) is 139 cm³/mol. The molecule has 34 heavy (non-hydrogen) atoms. The van der Waals surface area contributed by atoms with Gasteiger partial charge in [-0.15, -0.1) is 11.8 Å². The molecule has 3 aromatic carbocycles. The van der Waals surface area contributed by atoms with Crippen molar-refractivity contribution in [3.8, 4) is 0 Å². The number of Topliss-reactive ketones (excluding diaryl/α,β-unsaturated/α-hetero) is 1. The van der Waals surface area contributed by atoms with Gasteiger partial charge in [0.2, 0.25) is 0 Å². The van der Waals surface area contributed by atoms with E-state index < -0.39 is 4.75 Å². The maximum atomic E-state index is 14.1. The van der Waals surface area contributed by atoms with Gasteiger partial charge in [-0.25, -0.2) is 0 Å². The molecule has 5 rings (SSSR count). The normalized spacial score (nSPS) is 19.8. The summed E-state index contributed by atoms with van der Waals surface area (Å²) in [6.07, 6.45) is 2.01. The Morgan fingerprint density at radius 1 is 1.00 bits per heavy atom. The summed E-state index contributed by atoms with van der Waals surface area (Å²) in [4.78, 5) is 28.5. The Labute approximate surface area is 204 Å². The van der Waals surface area contributed by atoms with Gasteiger partial charge in [-0.05, 0) is 54.2 Å². The highest BCUT2D eigenvalue weighted by atomic mass is 32.2. The molecule has 3 nitrogen and oxygen atoms in total. The molecule has 0 fully saturated rings. The second-order valence-electron chi connectivity index (χ2n) is 10.3. The molecule has 0 N–H and O–H groups in total. The molecule has 2 unspecified atom stereocenters. The molecular formula is C30H28O3S. The second kappa shape index (κ2) is 8.28. The van der Waals surface area contributed by atoms with Crippen LogP contribution in [0.1, 0.15) is 60.7 Å². The van der Waals surface area contributed by atoms with Crippen molar-refractivity contribution in [3.63, 3.8) is 0 Å². The van der Waals surface area contributed by atoms with E-state index >= 15 is 0 Å². The molecule has 1 aliphatic rings. The van der Waals surface area contributed by atoms with Crippen molar-refractivity contribution < 1.29 is 9.21 Å². The van der Waals surface area contributed by atoms with E-state index in [9.17, 15) is 9.59 Å². The van der Waals surface area contributed by atoms with Gasteiger partial charge >= 0.3 is 0 Å². The zero-order valence-electron chi connectivity index (χ0n) is 19.9. The van der Waals surface area contributed by atoms with Gasteiger partial charge in [0.1, 0.15) is 5.58 Å². The molecule has 0 aliphatic carbocycles. The Hall–Kier alpha value is -3.11. The molecule has 0 saturated carbocycles. The summed E-state index contributed by atoms with van der Waals surface area (Å²) in [5, 5.41) is 0.574. The Kier molecular flexibility index (Phi) is 5.52. The number of rotatable bonds is 4. The third-order valence-corrected chi connectivity index (χ3v) is 8.19. The molecule has 0 bridgehead atoms. The molecule has 0 amide bonds. The number of hydrogen-bond donors (Lipinski definition) is 0. The summed E-state index contributed by atoms with van der Waals surface area (Å²) in [7, 11) is 0. The molecule has 2 atom stereocenters. The van der Waals surface area contributed by atoms with Gasteiger partial charge in [0.25, 0.3) is 0 Å². The predicted octanol–water partition coefficient (Wildman–Crippen LogP) is 7.16. The number of carbonyl (C=O) groups excluding carboxylic acids is 1. The zero-order chi connectivity index (χ0) is 24.1. The lowest BCUT2D eigenvalue weighted by Gasteiger charge is -2.30. The fraction of sp³-hybridized carbons (Fsp3) is 0.267. The maximum absolute atomic E-state index is 14.1. The summed E-state index contributed by atoms with van der Waals surface area (Å²) in [5.74, 6) is -0.272. The molecule has 4 aromatic rings. The van der Waals surface area contributed by atoms with Crippen LogP contribution in [0.3, 0.4) is 0 Å². The molecule has 2 heterocycles. The molecule has 0 saturated heterocycles. The summed E-state index contributed by atoms with van der Waals surface area (Å²) in [5.41, 5.74) is 3.98. The van der Waals surface area contributed by atoms with Gasteiger partial charge < -0.3 is 4.42 Å². The highest BCUT2D eigenvalue weighted by Gasteiger charge is 2.48. The van der Waals surface area contributed by atoms with E-state index in [0.29, 0.717) is 28.5 Å². The van der Waals surface area contributed by atoms with Crippen molar-refractivity contribution in [3.05, 3.63) is 112 Å². The molecule has 172 valence electrons. The lowest BCUT2D eigenvalue weighted by Crippen LogP contribution is -2.35. The maximum Gasteiger partial charge on any atom is 0.195 e.